The van der Waals surface area contributed by atoms with Crippen molar-refractivity contribution in [3.8, 4) is 5.75 Å². The first-order valence-electron chi connectivity index (χ1n) is 5.46. The number of carboxylic acids is 1. The van der Waals surface area contributed by atoms with Crippen molar-refractivity contribution >= 4 is 11.9 Å². The topological polar surface area (TPSA) is 75.6 Å². The molecule has 1 rings (SSSR count). The summed E-state index contributed by atoms with van der Waals surface area (Å²) in [5.41, 5.74) is 0. The number of hydrogen-bond donors (Lipinski definition) is 2. The fraction of sp³-hybridized carbons (Fsp3) is 0.333. The summed E-state index contributed by atoms with van der Waals surface area (Å²) < 4.78 is 30.6. The maximum atomic E-state index is 13.3. The standard InChI is InChI=1S/C12H13F2NO4/c1-7(11(16)15-9(6-13)12(17)18)19-10-5-3-2-4-8(10)14/h2-5,7,9H,6H2,1H3,(H,15,16)(H,17,18). The molecular weight excluding hydrogens is 260 g/mol. The molecule has 0 saturated heterocycles. The highest BCUT2D eigenvalue weighted by Gasteiger charge is 2.24. The van der Waals surface area contributed by atoms with E-state index in [0.29, 0.717) is 0 Å². The van der Waals surface area contributed by atoms with Crippen LogP contribution in [-0.4, -0.2) is 35.8 Å². The number of carbonyl (C=O) groups is 2. The number of para-hydroxylation sites is 1. The quantitative estimate of drug-likeness (QED) is 0.814. The minimum absolute atomic E-state index is 0.141. The van der Waals surface area contributed by atoms with E-state index in [-0.39, 0.29) is 5.75 Å². The van der Waals surface area contributed by atoms with Crippen LogP contribution >= 0.6 is 0 Å². The lowest BCUT2D eigenvalue weighted by Crippen LogP contribution is -2.47. The highest BCUT2D eigenvalue weighted by atomic mass is 19.1. The predicted molar refractivity (Wildman–Crippen MR) is 62.0 cm³/mol. The van der Waals surface area contributed by atoms with E-state index in [9.17, 15) is 18.4 Å². The number of rotatable bonds is 6. The largest absolute Gasteiger partial charge is 0.480 e. The molecule has 0 aliphatic heterocycles. The molecule has 0 spiro atoms. The van der Waals surface area contributed by atoms with E-state index in [1.807, 2.05) is 5.32 Å². The lowest BCUT2D eigenvalue weighted by molar-refractivity contribution is -0.143. The number of benzene rings is 1. The van der Waals surface area contributed by atoms with Crippen molar-refractivity contribution in [1.29, 1.82) is 0 Å². The summed E-state index contributed by atoms with van der Waals surface area (Å²) in [7, 11) is 0. The third kappa shape index (κ3) is 4.20. The van der Waals surface area contributed by atoms with Crippen molar-refractivity contribution in [1.82, 2.24) is 5.32 Å². The van der Waals surface area contributed by atoms with Gasteiger partial charge in [0.05, 0.1) is 0 Å². The molecule has 19 heavy (non-hydrogen) atoms. The average Bonchev–Trinajstić information content (AvgIpc) is 2.37. The Morgan fingerprint density at radius 3 is 2.58 bits per heavy atom. The van der Waals surface area contributed by atoms with Crippen LogP contribution in [0.4, 0.5) is 8.78 Å². The molecule has 0 heterocycles. The Morgan fingerprint density at radius 2 is 2.05 bits per heavy atom. The molecule has 104 valence electrons. The lowest BCUT2D eigenvalue weighted by atomic mass is 10.3. The van der Waals surface area contributed by atoms with Gasteiger partial charge < -0.3 is 15.2 Å². The molecule has 0 saturated carbocycles. The zero-order chi connectivity index (χ0) is 14.4. The summed E-state index contributed by atoms with van der Waals surface area (Å²) >= 11 is 0. The zero-order valence-corrected chi connectivity index (χ0v) is 10.1. The highest BCUT2D eigenvalue weighted by Crippen LogP contribution is 2.16. The van der Waals surface area contributed by atoms with E-state index in [2.05, 4.69) is 0 Å². The monoisotopic (exact) mass is 273 g/mol. The van der Waals surface area contributed by atoms with Crippen molar-refractivity contribution in [3.05, 3.63) is 30.1 Å². The summed E-state index contributed by atoms with van der Waals surface area (Å²) in [6.07, 6.45) is -1.15. The molecule has 0 bridgehead atoms. The molecule has 0 aliphatic rings. The summed E-state index contributed by atoms with van der Waals surface area (Å²) in [5.74, 6) is -3.12. The molecule has 0 fully saturated rings. The number of ether oxygens (including phenoxy) is 1. The summed E-state index contributed by atoms with van der Waals surface area (Å²) in [6, 6.07) is 3.81. The van der Waals surface area contributed by atoms with Crippen molar-refractivity contribution < 1.29 is 28.2 Å². The number of aliphatic carboxylic acids is 1. The van der Waals surface area contributed by atoms with E-state index < -0.39 is 36.5 Å². The van der Waals surface area contributed by atoms with Crippen LogP contribution in [-0.2, 0) is 9.59 Å². The van der Waals surface area contributed by atoms with Crippen LogP contribution in [0.1, 0.15) is 6.92 Å². The Balaban J connectivity index is 2.63. The van der Waals surface area contributed by atoms with Gasteiger partial charge in [-0.25, -0.2) is 13.6 Å². The molecule has 7 heteroatoms. The van der Waals surface area contributed by atoms with E-state index in [1.165, 1.54) is 25.1 Å². The summed E-state index contributed by atoms with van der Waals surface area (Å²) in [6.45, 7) is 0.0619. The van der Waals surface area contributed by atoms with E-state index in [4.69, 9.17) is 9.84 Å². The lowest BCUT2D eigenvalue weighted by Gasteiger charge is -2.17. The first-order valence-corrected chi connectivity index (χ1v) is 5.46. The highest BCUT2D eigenvalue weighted by molar-refractivity contribution is 5.86. The van der Waals surface area contributed by atoms with Gasteiger partial charge in [-0.1, -0.05) is 12.1 Å². The normalized spacial score (nSPS) is 13.4. The van der Waals surface area contributed by atoms with Crippen LogP contribution in [0.15, 0.2) is 24.3 Å². The fourth-order valence-corrected chi connectivity index (χ4v) is 1.24. The Morgan fingerprint density at radius 1 is 1.42 bits per heavy atom. The van der Waals surface area contributed by atoms with Gasteiger partial charge in [-0.2, -0.15) is 0 Å². The molecule has 1 aromatic carbocycles. The number of carboxylic acid groups (broad SMARTS) is 1. The van der Waals surface area contributed by atoms with Gasteiger partial charge in [-0.3, -0.25) is 4.79 Å². The molecular formula is C12H13F2NO4. The number of carbonyl (C=O) groups excluding carboxylic acids is 1. The first-order chi connectivity index (χ1) is 8.95. The second-order valence-electron chi connectivity index (χ2n) is 3.74. The maximum Gasteiger partial charge on any atom is 0.328 e. The molecule has 2 N–H and O–H groups in total. The van der Waals surface area contributed by atoms with Gasteiger partial charge >= 0.3 is 5.97 Å². The van der Waals surface area contributed by atoms with E-state index in [1.54, 1.807) is 0 Å². The molecule has 1 amide bonds. The fourth-order valence-electron chi connectivity index (χ4n) is 1.24. The second-order valence-corrected chi connectivity index (χ2v) is 3.74. The Labute approximate surface area is 108 Å². The van der Waals surface area contributed by atoms with Crippen molar-refractivity contribution in [3.63, 3.8) is 0 Å². The average molecular weight is 273 g/mol. The number of nitrogens with one attached hydrogen (secondary N) is 1. The molecule has 2 unspecified atom stereocenters. The third-order valence-corrected chi connectivity index (χ3v) is 2.28. The van der Waals surface area contributed by atoms with Gasteiger partial charge in [0.15, 0.2) is 23.7 Å². The van der Waals surface area contributed by atoms with Crippen LogP contribution in [0.2, 0.25) is 0 Å². The van der Waals surface area contributed by atoms with Crippen LogP contribution in [0, 0.1) is 5.82 Å². The zero-order valence-electron chi connectivity index (χ0n) is 10.1. The molecule has 2 atom stereocenters. The maximum absolute atomic E-state index is 13.3. The second kappa shape index (κ2) is 6.67. The van der Waals surface area contributed by atoms with E-state index in [0.717, 1.165) is 6.07 Å². The van der Waals surface area contributed by atoms with Crippen molar-refractivity contribution in [2.45, 2.75) is 19.1 Å². The third-order valence-electron chi connectivity index (χ3n) is 2.28. The Bertz CT molecular complexity index is 467. The molecule has 5 nitrogen and oxygen atoms in total. The van der Waals surface area contributed by atoms with E-state index >= 15 is 0 Å². The van der Waals surface area contributed by atoms with Crippen LogP contribution in [0.3, 0.4) is 0 Å². The minimum Gasteiger partial charge on any atom is -0.480 e. The number of hydrogen-bond acceptors (Lipinski definition) is 3. The molecule has 0 aromatic heterocycles. The van der Waals surface area contributed by atoms with Crippen LogP contribution in [0.5, 0.6) is 5.75 Å². The number of amides is 1. The molecule has 1 aromatic rings. The molecule has 0 radical (unpaired) electrons. The minimum atomic E-state index is -1.64. The van der Waals surface area contributed by atoms with Gasteiger partial charge in [-0.05, 0) is 19.1 Å². The number of alkyl halides is 1. The van der Waals surface area contributed by atoms with Crippen LogP contribution < -0.4 is 10.1 Å². The Kier molecular flexibility index (Phi) is 5.23. The first kappa shape index (κ1) is 14.9. The SMILES string of the molecule is CC(Oc1ccccc1F)C(=O)NC(CF)C(=O)O. The van der Waals surface area contributed by atoms with Gasteiger partial charge in [0.1, 0.15) is 6.67 Å². The molecule has 0 aliphatic carbocycles. The smallest absolute Gasteiger partial charge is 0.328 e. The van der Waals surface area contributed by atoms with Gasteiger partial charge in [0.25, 0.3) is 5.91 Å². The summed E-state index contributed by atoms with van der Waals surface area (Å²) in [5, 5.41) is 10.5. The van der Waals surface area contributed by atoms with Crippen molar-refractivity contribution in [2.24, 2.45) is 0 Å². The Hall–Kier alpha value is -2.18. The van der Waals surface area contributed by atoms with Crippen LogP contribution in [0.25, 0.3) is 0 Å². The van der Waals surface area contributed by atoms with Gasteiger partial charge in [-0.15, -0.1) is 0 Å². The van der Waals surface area contributed by atoms with Gasteiger partial charge in [0.2, 0.25) is 0 Å². The predicted octanol–water partition coefficient (Wildman–Crippen LogP) is 1.13. The van der Waals surface area contributed by atoms with Gasteiger partial charge in [0, 0.05) is 0 Å². The summed E-state index contributed by atoms with van der Waals surface area (Å²) in [4.78, 5) is 22.1. The van der Waals surface area contributed by atoms with Crippen molar-refractivity contribution in [2.75, 3.05) is 6.67 Å². The number of halogens is 2.